The van der Waals surface area contributed by atoms with E-state index in [9.17, 15) is 8.78 Å². The summed E-state index contributed by atoms with van der Waals surface area (Å²) in [6.07, 6.45) is 0.448. The van der Waals surface area contributed by atoms with Crippen LogP contribution in [0.2, 0.25) is 0 Å². The normalized spacial score (nSPS) is 12.0. The van der Waals surface area contributed by atoms with Crippen molar-refractivity contribution in [1.82, 2.24) is 0 Å². The molecule has 0 fully saturated rings. The summed E-state index contributed by atoms with van der Waals surface area (Å²) in [6, 6.07) is 8.82. The molecule has 3 nitrogen and oxygen atoms in total. The predicted octanol–water partition coefficient (Wildman–Crippen LogP) is 3.27. The van der Waals surface area contributed by atoms with Crippen molar-refractivity contribution in [2.75, 3.05) is 20.8 Å². The molecule has 118 valence electrons. The molecular weight excluding hydrogens is 288 g/mol. The highest BCUT2D eigenvalue weighted by molar-refractivity contribution is 5.42. The summed E-state index contributed by atoms with van der Waals surface area (Å²) in [5.74, 6) is 0.0373. The van der Waals surface area contributed by atoms with E-state index < -0.39 is 11.6 Å². The van der Waals surface area contributed by atoms with E-state index in [0.29, 0.717) is 17.9 Å². The molecular formula is C17H19F2NO2. The smallest absolute Gasteiger partial charge is 0.126 e. The summed E-state index contributed by atoms with van der Waals surface area (Å²) in [7, 11) is 3.12. The molecule has 0 bridgehead atoms. The van der Waals surface area contributed by atoms with Crippen LogP contribution in [0.4, 0.5) is 8.78 Å². The lowest BCUT2D eigenvalue weighted by Gasteiger charge is -2.18. The van der Waals surface area contributed by atoms with Gasteiger partial charge in [0.25, 0.3) is 0 Å². The predicted molar refractivity (Wildman–Crippen MR) is 81.4 cm³/mol. The maximum atomic E-state index is 13.9. The van der Waals surface area contributed by atoms with Crippen LogP contribution in [0.1, 0.15) is 17.0 Å². The van der Waals surface area contributed by atoms with Crippen molar-refractivity contribution in [2.45, 2.75) is 12.3 Å². The maximum absolute atomic E-state index is 13.9. The zero-order valence-electron chi connectivity index (χ0n) is 12.6. The highest BCUT2D eigenvalue weighted by Crippen LogP contribution is 2.30. The molecule has 0 aliphatic carbocycles. The fourth-order valence-electron chi connectivity index (χ4n) is 2.43. The minimum atomic E-state index is -0.475. The van der Waals surface area contributed by atoms with Gasteiger partial charge in [0, 0.05) is 12.0 Å². The lowest BCUT2D eigenvalue weighted by Crippen LogP contribution is -2.17. The summed E-state index contributed by atoms with van der Waals surface area (Å²) in [4.78, 5) is 0. The molecule has 2 N–H and O–H groups in total. The van der Waals surface area contributed by atoms with Crippen LogP contribution >= 0.6 is 0 Å². The first-order chi connectivity index (χ1) is 10.6. The first-order valence-corrected chi connectivity index (χ1v) is 6.95. The third-order valence-corrected chi connectivity index (χ3v) is 3.64. The van der Waals surface area contributed by atoms with Gasteiger partial charge in [-0.05, 0) is 48.4 Å². The summed E-state index contributed by atoms with van der Waals surface area (Å²) in [6.45, 7) is 0.204. The van der Waals surface area contributed by atoms with Gasteiger partial charge >= 0.3 is 0 Å². The molecule has 0 radical (unpaired) electrons. The molecule has 2 aromatic rings. The fourth-order valence-corrected chi connectivity index (χ4v) is 2.43. The lowest BCUT2D eigenvalue weighted by atomic mass is 9.91. The molecule has 0 heterocycles. The van der Waals surface area contributed by atoms with Gasteiger partial charge in [-0.15, -0.1) is 0 Å². The van der Waals surface area contributed by atoms with Gasteiger partial charge in [0.1, 0.15) is 23.1 Å². The molecule has 5 heteroatoms. The SMILES string of the molecule is COc1ccc(CC(CN)c2cc(F)ccc2F)c(OC)c1. The summed E-state index contributed by atoms with van der Waals surface area (Å²) >= 11 is 0. The molecule has 22 heavy (non-hydrogen) atoms. The Balaban J connectivity index is 2.32. The number of halogens is 2. The summed E-state index contributed by atoms with van der Waals surface area (Å²) in [5, 5.41) is 0. The van der Waals surface area contributed by atoms with Gasteiger partial charge in [0.15, 0.2) is 0 Å². The lowest BCUT2D eigenvalue weighted by molar-refractivity contribution is 0.390. The summed E-state index contributed by atoms with van der Waals surface area (Å²) in [5.41, 5.74) is 6.91. The molecule has 0 saturated carbocycles. The van der Waals surface area contributed by atoms with E-state index in [2.05, 4.69) is 0 Å². The van der Waals surface area contributed by atoms with Gasteiger partial charge in [0.2, 0.25) is 0 Å². The van der Waals surface area contributed by atoms with Gasteiger partial charge < -0.3 is 15.2 Å². The Morgan fingerprint density at radius 3 is 2.45 bits per heavy atom. The van der Waals surface area contributed by atoms with E-state index in [1.165, 1.54) is 6.07 Å². The van der Waals surface area contributed by atoms with E-state index in [0.717, 1.165) is 17.7 Å². The van der Waals surface area contributed by atoms with Crippen molar-refractivity contribution in [3.63, 3.8) is 0 Å². The van der Waals surface area contributed by atoms with Gasteiger partial charge in [-0.3, -0.25) is 0 Å². The Morgan fingerprint density at radius 1 is 1.05 bits per heavy atom. The third-order valence-electron chi connectivity index (χ3n) is 3.64. The molecule has 1 unspecified atom stereocenters. The Hall–Kier alpha value is -2.14. The van der Waals surface area contributed by atoms with Crippen LogP contribution in [-0.4, -0.2) is 20.8 Å². The van der Waals surface area contributed by atoms with Crippen LogP contribution < -0.4 is 15.2 Å². The van der Waals surface area contributed by atoms with Crippen LogP contribution in [0.25, 0.3) is 0 Å². The largest absolute Gasteiger partial charge is 0.497 e. The number of hydrogen-bond donors (Lipinski definition) is 1. The zero-order chi connectivity index (χ0) is 16.1. The van der Waals surface area contributed by atoms with Crippen LogP contribution in [-0.2, 0) is 6.42 Å². The number of benzene rings is 2. The van der Waals surface area contributed by atoms with Crippen molar-refractivity contribution in [3.8, 4) is 11.5 Å². The second kappa shape index (κ2) is 7.22. The van der Waals surface area contributed by atoms with Gasteiger partial charge in [-0.1, -0.05) is 6.07 Å². The van der Waals surface area contributed by atoms with Crippen LogP contribution in [0.5, 0.6) is 11.5 Å². The number of methoxy groups -OCH3 is 2. The maximum Gasteiger partial charge on any atom is 0.126 e. The Labute approximate surface area is 128 Å². The van der Waals surface area contributed by atoms with E-state index in [1.54, 1.807) is 26.4 Å². The van der Waals surface area contributed by atoms with Crippen LogP contribution in [0.3, 0.4) is 0 Å². The van der Waals surface area contributed by atoms with Gasteiger partial charge in [0.05, 0.1) is 14.2 Å². The number of nitrogens with two attached hydrogens (primary N) is 1. The minimum Gasteiger partial charge on any atom is -0.497 e. The van der Waals surface area contributed by atoms with E-state index >= 15 is 0 Å². The first-order valence-electron chi connectivity index (χ1n) is 6.95. The molecule has 2 aromatic carbocycles. The van der Waals surface area contributed by atoms with Gasteiger partial charge in [-0.25, -0.2) is 8.78 Å². The third kappa shape index (κ3) is 3.54. The first kappa shape index (κ1) is 16.2. The number of ether oxygens (including phenoxy) is 2. The number of rotatable bonds is 6. The summed E-state index contributed by atoms with van der Waals surface area (Å²) < 4.78 is 37.8. The molecule has 0 saturated heterocycles. The molecule has 1 atom stereocenters. The molecule has 0 amide bonds. The van der Waals surface area contributed by atoms with Crippen molar-refractivity contribution >= 4 is 0 Å². The second-order valence-corrected chi connectivity index (χ2v) is 4.98. The van der Waals surface area contributed by atoms with Crippen LogP contribution in [0.15, 0.2) is 36.4 Å². The topological polar surface area (TPSA) is 44.5 Å². The standard InChI is InChI=1S/C17H19F2NO2/c1-21-14-5-3-11(17(9-14)22-2)7-12(10-20)15-8-13(18)4-6-16(15)19/h3-6,8-9,12H,7,10,20H2,1-2H3. The minimum absolute atomic E-state index is 0.204. The van der Waals surface area contributed by atoms with Gasteiger partial charge in [-0.2, -0.15) is 0 Å². The molecule has 0 aliphatic heterocycles. The second-order valence-electron chi connectivity index (χ2n) is 4.98. The molecule has 0 aliphatic rings. The van der Waals surface area contributed by atoms with Crippen molar-refractivity contribution in [1.29, 1.82) is 0 Å². The van der Waals surface area contributed by atoms with E-state index in [-0.39, 0.29) is 18.0 Å². The molecule has 0 spiro atoms. The zero-order valence-corrected chi connectivity index (χ0v) is 12.6. The molecule has 2 rings (SSSR count). The highest BCUT2D eigenvalue weighted by Gasteiger charge is 2.18. The highest BCUT2D eigenvalue weighted by atomic mass is 19.1. The quantitative estimate of drug-likeness (QED) is 0.891. The Bertz CT molecular complexity index is 647. The molecule has 0 aromatic heterocycles. The number of hydrogen-bond acceptors (Lipinski definition) is 3. The fraction of sp³-hybridized carbons (Fsp3) is 0.294. The average molecular weight is 307 g/mol. The monoisotopic (exact) mass is 307 g/mol. The van der Waals surface area contributed by atoms with Crippen LogP contribution in [0, 0.1) is 11.6 Å². The van der Waals surface area contributed by atoms with Crippen molar-refractivity contribution in [3.05, 3.63) is 59.2 Å². The van der Waals surface area contributed by atoms with Crippen molar-refractivity contribution < 1.29 is 18.3 Å². The van der Waals surface area contributed by atoms with Crippen molar-refractivity contribution in [2.24, 2.45) is 5.73 Å². The average Bonchev–Trinajstić information content (AvgIpc) is 2.55. The van der Waals surface area contributed by atoms with E-state index in [4.69, 9.17) is 15.2 Å². The Kier molecular flexibility index (Phi) is 5.33. The Morgan fingerprint density at radius 2 is 1.82 bits per heavy atom. The van der Waals surface area contributed by atoms with E-state index in [1.807, 2.05) is 6.07 Å².